The molecule has 0 unspecified atom stereocenters. The summed E-state index contributed by atoms with van der Waals surface area (Å²) in [5.74, 6) is -0.465. The highest BCUT2D eigenvalue weighted by molar-refractivity contribution is 5.91. The zero-order valence-corrected chi connectivity index (χ0v) is 34.9. The second kappa shape index (κ2) is 19.5. The molecule has 2 bridgehead atoms. The number of likely N-dealkylation sites (tertiary alicyclic amines) is 1. The van der Waals surface area contributed by atoms with Crippen LogP contribution in [0, 0.1) is 23.7 Å². The van der Waals surface area contributed by atoms with Gasteiger partial charge in [-0.25, -0.2) is 9.97 Å². The van der Waals surface area contributed by atoms with Gasteiger partial charge in [-0.2, -0.15) is 0 Å². The average Bonchev–Trinajstić information content (AvgIpc) is 3.89. The number of ether oxygens (including phenoxy) is 2. The van der Waals surface area contributed by atoms with Crippen molar-refractivity contribution in [2.45, 2.75) is 128 Å². The summed E-state index contributed by atoms with van der Waals surface area (Å²) in [6.07, 6.45) is 7.03. The maximum Gasteiger partial charge on any atom is 0.245 e. The number of likely N-dealkylation sites (N-methyl/N-ethyl adjacent to an activating group) is 2. The van der Waals surface area contributed by atoms with Crippen LogP contribution in [0.1, 0.15) is 90.6 Å². The quantitative estimate of drug-likeness (QED) is 0.216. The summed E-state index contributed by atoms with van der Waals surface area (Å²) in [7, 11) is 6.94. The number of carbonyl (C=O) groups excluding carboxylic acids is 4. The molecule has 56 heavy (non-hydrogen) atoms. The average molecular weight is 776 g/mol. The Morgan fingerprint density at radius 1 is 0.964 bits per heavy atom. The number of nitrogens with one attached hydrogen (secondary N) is 2. The van der Waals surface area contributed by atoms with Crippen LogP contribution in [0.3, 0.4) is 0 Å². The first-order valence-corrected chi connectivity index (χ1v) is 20.6. The molecule has 1 saturated carbocycles. The smallest absolute Gasteiger partial charge is 0.245 e. The van der Waals surface area contributed by atoms with Gasteiger partial charge in [-0.1, -0.05) is 71.4 Å². The molecule has 4 fully saturated rings. The normalized spacial score (nSPS) is 24.4. The standard InChI is InChI=1S/C43H65N7O6/c1-10-27(4)37(49(7)43(54)36(26(2)3)47-42(53)38-30-23-31(24-30)48(38)6)34(55-8)25-35(51)50-21-14-18-33(50)39(56-9)28(5)41(52)46-32(40-44-19-15-20-45-40)22-29-16-12-11-13-17-29/h11-13,15-17,19-20,26-28,30-34,36-39H,10,14,18,21-25H2,1-9H3,(H,46,52)(H,47,53)/t27-,28+,30?,31?,32-,33-,34+,36-,37-,38-,39+/m0/s1. The van der Waals surface area contributed by atoms with Crippen molar-refractivity contribution in [3.05, 3.63) is 60.2 Å². The van der Waals surface area contributed by atoms with Crippen LogP contribution in [0.15, 0.2) is 48.8 Å². The van der Waals surface area contributed by atoms with E-state index in [1.54, 1.807) is 44.6 Å². The first-order chi connectivity index (χ1) is 26.8. The summed E-state index contributed by atoms with van der Waals surface area (Å²) in [6.45, 7) is 10.4. The molecule has 2 N–H and O–H groups in total. The maximum atomic E-state index is 14.3. The lowest BCUT2D eigenvalue weighted by molar-refractivity contribution is -0.148. The second-order valence-electron chi connectivity index (χ2n) is 16.7. The van der Waals surface area contributed by atoms with E-state index in [4.69, 9.17) is 9.47 Å². The van der Waals surface area contributed by atoms with Gasteiger partial charge in [0.1, 0.15) is 6.04 Å². The Morgan fingerprint density at radius 3 is 2.21 bits per heavy atom. The van der Waals surface area contributed by atoms with Crippen molar-refractivity contribution in [1.82, 2.24) is 35.3 Å². The minimum atomic E-state index is -0.711. The third kappa shape index (κ3) is 9.59. The third-order valence-corrected chi connectivity index (χ3v) is 12.9. The molecule has 1 aliphatic carbocycles. The molecule has 4 amide bonds. The molecule has 4 aliphatic rings. The largest absolute Gasteiger partial charge is 0.379 e. The number of carbonyl (C=O) groups is 4. The van der Waals surface area contributed by atoms with E-state index < -0.39 is 36.3 Å². The topological polar surface area (TPSA) is 146 Å². The minimum Gasteiger partial charge on any atom is -0.379 e. The van der Waals surface area contributed by atoms with Crippen LogP contribution in [0.25, 0.3) is 0 Å². The molecule has 3 saturated heterocycles. The number of rotatable bonds is 19. The van der Waals surface area contributed by atoms with Gasteiger partial charge in [0.05, 0.1) is 48.7 Å². The fourth-order valence-corrected chi connectivity index (χ4v) is 9.31. The van der Waals surface area contributed by atoms with Crippen LogP contribution in [0.5, 0.6) is 0 Å². The first kappa shape index (κ1) is 43.2. The van der Waals surface area contributed by atoms with Gasteiger partial charge in [0, 0.05) is 46.2 Å². The van der Waals surface area contributed by atoms with Gasteiger partial charge in [0.25, 0.3) is 0 Å². The summed E-state index contributed by atoms with van der Waals surface area (Å²) in [5, 5.41) is 6.30. The zero-order valence-electron chi connectivity index (χ0n) is 34.9. The van der Waals surface area contributed by atoms with E-state index in [9.17, 15) is 19.2 Å². The Balaban J connectivity index is 1.27. The fraction of sp³-hybridized carbons (Fsp3) is 0.674. The van der Waals surface area contributed by atoms with Crippen LogP contribution in [-0.2, 0) is 35.1 Å². The van der Waals surface area contributed by atoms with Gasteiger partial charge < -0.3 is 29.9 Å². The molecule has 4 heterocycles. The van der Waals surface area contributed by atoms with Crippen molar-refractivity contribution in [3.63, 3.8) is 0 Å². The minimum absolute atomic E-state index is 0.000596. The van der Waals surface area contributed by atoms with E-state index in [1.807, 2.05) is 63.1 Å². The number of aromatic nitrogens is 2. The Labute approximate surface area is 333 Å². The summed E-state index contributed by atoms with van der Waals surface area (Å²) in [5.41, 5.74) is 1.04. The SMILES string of the molecule is CC[C@H](C)[C@@H]([C@@H](CC(=O)N1CCC[C@H]1[C@H](OC)[C@@H](C)C(=O)N[C@@H](Cc1ccccc1)c1ncccn1)OC)N(C)C(=O)[C@@H](NC(=O)[C@@H]1C2CC(C2)N1C)C(C)C. The first-order valence-electron chi connectivity index (χ1n) is 20.6. The highest BCUT2D eigenvalue weighted by Gasteiger charge is 2.52. The number of nitrogens with zero attached hydrogens (tertiary/aromatic N) is 5. The van der Waals surface area contributed by atoms with E-state index in [1.165, 1.54) is 0 Å². The van der Waals surface area contributed by atoms with Gasteiger partial charge in [0.2, 0.25) is 23.6 Å². The van der Waals surface area contributed by atoms with Crippen molar-refractivity contribution in [2.24, 2.45) is 23.7 Å². The van der Waals surface area contributed by atoms with E-state index in [-0.39, 0.29) is 54.0 Å². The Hall–Kier alpha value is -3.94. The molecule has 13 heteroatoms. The molecule has 1 aromatic heterocycles. The molecule has 6 rings (SSSR count). The van der Waals surface area contributed by atoms with E-state index >= 15 is 0 Å². The van der Waals surface area contributed by atoms with Crippen molar-refractivity contribution in [2.75, 3.05) is 34.9 Å². The lowest BCUT2D eigenvalue weighted by atomic mass is 9.82. The number of fused-ring (bicyclic) bond motifs is 1. The number of benzene rings is 1. The molecule has 9 atom stereocenters. The Kier molecular flexibility index (Phi) is 15.0. The van der Waals surface area contributed by atoms with Gasteiger partial charge in [-0.3, -0.25) is 24.1 Å². The van der Waals surface area contributed by atoms with E-state index in [2.05, 4.69) is 39.3 Å². The van der Waals surface area contributed by atoms with Crippen molar-refractivity contribution in [1.29, 1.82) is 0 Å². The lowest BCUT2D eigenvalue weighted by Crippen LogP contribution is -2.59. The number of hydrogen-bond acceptors (Lipinski definition) is 9. The molecular weight excluding hydrogens is 711 g/mol. The summed E-state index contributed by atoms with van der Waals surface area (Å²) in [4.78, 5) is 70.7. The molecular formula is C43H65N7O6. The van der Waals surface area contributed by atoms with Crippen LogP contribution < -0.4 is 10.6 Å². The van der Waals surface area contributed by atoms with E-state index in [0.29, 0.717) is 37.2 Å². The van der Waals surface area contributed by atoms with E-state index in [0.717, 1.165) is 31.2 Å². The highest BCUT2D eigenvalue weighted by Crippen LogP contribution is 2.44. The Bertz CT molecular complexity index is 1610. The number of methoxy groups -OCH3 is 2. The molecule has 0 radical (unpaired) electrons. The lowest BCUT2D eigenvalue weighted by Gasteiger charge is -2.41. The summed E-state index contributed by atoms with van der Waals surface area (Å²) in [6, 6.07) is 9.97. The van der Waals surface area contributed by atoms with Crippen molar-refractivity contribution < 1.29 is 28.7 Å². The monoisotopic (exact) mass is 775 g/mol. The number of hydrogen-bond donors (Lipinski definition) is 2. The zero-order chi connectivity index (χ0) is 40.7. The van der Waals surface area contributed by atoms with Gasteiger partial charge in [0.15, 0.2) is 5.82 Å². The van der Waals surface area contributed by atoms with Crippen LogP contribution in [0.2, 0.25) is 0 Å². The highest BCUT2D eigenvalue weighted by atomic mass is 16.5. The molecule has 308 valence electrons. The summed E-state index contributed by atoms with van der Waals surface area (Å²) < 4.78 is 12.1. The van der Waals surface area contributed by atoms with Crippen LogP contribution >= 0.6 is 0 Å². The van der Waals surface area contributed by atoms with Crippen LogP contribution in [0.4, 0.5) is 0 Å². The summed E-state index contributed by atoms with van der Waals surface area (Å²) >= 11 is 0. The van der Waals surface area contributed by atoms with Gasteiger partial charge in [-0.05, 0) is 68.5 Å². The predicted octanol–water partition coefficient (Wildman–Crippen LogP) is 4.03. The predicted molar refractivity (Wildman–Crippen MR) is 214 cm³/mol. The third-order valence-electron chi connectivity index (χ3n) is 12.9. The molecule has 3 aliphatic heterocycles. The van der Waals surface area contributed by atoms with Crippen LogP contribution in [-0.4, -0.2) is 126 Å². The fourth-order valence-electron chi connectivity index (χ4n) is 9.31. The molecule has 0 spiro atoms. The maximum absolute atomic E-state index is 14.3. The molecule has 1 aromatic carbocycles. The van der Waals surface area contributed by atoms with Gasteiger partial charge in [-0.15, -0.1) is 0 Å². The molecule has 13 nitrogen and oxygen atoms in total. The number of amides is 4. The van der Waals surface area contributed by atoms with Crippen molar-refractivity contribution in [3.8, 4) is 0 Å². The van der Waals surface area contributed by atoms with Crippen molar-refractivity contribution >= 4 is 23.6 Å². The van der Waals surface area contributed by atoms with Gasteiger partial charge >= 0.3 is 0 Å². The second-order valence-corrected chi connectivity index (χ2v) is 16.7. The molecule has 2 aromatic rings. The Morgan fingerprint density at radius 2 is 1.64 bits per heavy atom.